The van der Waals surface area contributed by atoms with E-state index in [0.29, 0.717) is 30.3 Å². The van der Waals surface area contributed by atoms with E-state index in [4.69, 9.17) is 27.7 Å². The molecule has 1 aromatic rings. The molecule has 2 rings (SSSR count). The Hall–Kier alpha value is -2.53. The van der Waals surface area contributed by atoms with Crippen molar-refractivity contribution in [3.05, 3.63) is 59.1 Å². The predicted molar refractivity (Wildman–Crippen MR) is 248 cm³/mol. The van der Waals surface area contributed by atoms with Gasteiger partial charge in [-0.25, -0.2) is 0 Å². The Bertz CT molecular complexity index is 1490. The molecular weight excluding hydrogens is 806 g/mol. The first-order valence-electron chi connectivity index (χ1n) is 24.2. The van der Waals surface area contributed by atoms with E-state index in [0.717, 1.165) is 70.0 Å². The minimum absolute atomic E-state index is 0.0514. The number of allylic oxidation sites excluding steroid dienone is 4. The van der Waals surface area contributed by atoms with Crippen LogP contribution in [0.15, 0.2) is 40.9 Å². The molecule has 1 aromatic heterocycles. The van der Waals surface area contributed by atoms with Crippen molar-refractivity contribution in [2.24, 2.45) is 0 Å². The Kier molecular flexibility index (Phi) is 29.6. The molecule has 1 fully saturated rings. The van der Waals surface area contributed by atoms with E-state index in [1.54, 1.807) is 0 Å². The van der Waals surface area contributed by atoms with Crippen molar-refractivity contribution in [3.8, 4) is 0 Å². The number of quaternary nitrogens is 1. The number of carbonyl (C=O) groups is 2. The molecule has 0 aromatic carbocycles. The van der Waals surface area contributed by atoms with Gasteiger partial charge in [-0.15, -0.1) is 0 Å². The molecule has 2 heterocycles. The zero-order valence-electron chi connectivity index (χ0n) is 40.0. The number of furan rings is 1. The molecule has 356 valence electrons. The van der Waals surface area contributed by atoms with Crippen molar-refractivity contribution in [2.75, 3.05) is 47.5 Å². The lowest BCUT2D eigenvalue weighted by atomic mass is 10.0. The largest absolute Gasteiger partial charge is 0.756 e. The van der Waals surface area contributed by atoms with Crippen LogP contribution in [0.5, 0.6) is 0 Å². The molecule has 0 saturated carbocycles. The number of unbranched alkanes of at least 4 members (excludes halogenated alkanes) is 13. The molecule has 12 heteroatoms. The number of hydrogen-bond acceptors (Lipinski definition) is 10. The van der Waals surface area contributed by atoms with Gasteiger partial charge in [-0.3, -0.25) is 14.2 Å². The van der Waals surface area contributed by atoms with E-state index >= 15 is 0 Å². The van der Waals surface area contributed by atoms with Crippen LogP contribution in [0.3, 0.4) is 0 Å². The first kappa shape index (κ1) is 55.6. The monoisotopic (exact) mass is 892 g/mol. The van der Waals surface area contributed by atoms with Gasteiger partial charge >= 0.3 is 11.9 Å². The van der Waals surface area contributed by atoms with Crippen molar-refractivity contribution in [2.45, 2.75) is 200 Å². The summed E-state index contributed by atoms with van der Waals surface area (Å²) >= 11 is 0. The van der Waals surface area contributed by atoms with Crippen molar-refractivity contribution in [1.29, 1.82) is 0 Å². The second-order valence-electron chi connectivity index (χ2n) is 18.1. The normalized spacial score (nSPS) is 17.0. The number of phosphoric acid groups is 1. The first-order valence-corrected chi connectivity index (χ1v) is 25.6. The maximum absolute atomic E-state index is 12.8. The third kappa shape index (κ3) is 28.3. The minimum atomic E-state index is -4.66. The number of rotatable bonds is 39. The fraction of sp³-hybridized carbons (Fsp3) is 0.760. The number of hydrogen-bond donors (Lipinski definition) is 0. The van der Waals surface area contributed by atoms with Gasteiger partial charge in [0.15, 0.2) is 6.10 Å². The van der Waals surface area contributed by atoms with E-state index in [9.17, 15) is 19.0 Å². The number of nitrogens with zero attached hydrogens (tertiary/aromatic N) is 1. The van der Waals surface area contributed by atoms with Crippen LogP contribution in [0.4, 0.5) is 0 Å². The lowest BCUT2D eigenvalue weighted by molar-refractivity contribution is -0.870. The Labute approximate surface area is 376 Å². The van der Waals surface area contributed by atoms with E-state index < -0.39 is 32.5 Å². The fourth-order valence-corrected chi connectivity index (χ4v) is 7.77. The van der Waals surface area contributed by atoms with Gasteiger partial charge in [0.05, 0.1) is 40.0 Å². The third-order valence-corrected chi connectivity index (χ3v) is 12.2. The van der Waals surface area contributed by atoms with Gasteiger partial charge in [0, 0.05) is 25.7 Å². The number of aryl methyl sites for hydroxylation is 2. The smallest absolute Gasteiger partial charge is 0.306 e. The number of phosphoric ester groups is 1. The molecule has 1 aliphatic heterocycles. The number of likely N-dealkylation sites (N-methyl/N-ethyl adjacent to an activating group) is 1. The van der Waals surface area contributed by atoms with Crippen molar-refractivity contribution < 1.29 is 51.2 Å². The van der Waals surface area contributed by atoms with Gasteiger partial charge in [0.25, 0.3) is 7.82 Å². The quantitative estimate of drug-likeness (QED) is 0.0157. The van der Waals surface area contributed by atoms with Crippen molar-refractivity contribution in [1.82, 2.24) is 0 Å². The van der Waals surface area contributed by atoms with Crippen LogP contribution >= 0.6 is 7.82 Å². The summed E-state index contributed by atoms with van der Waals surface area (Å²) in [5, 5.41) is 0. The van der Waals surface area contributed by atoms with E-state index in [1.807, 2.05) is 27.2 Å². The van der Waals surface area contributed by atoms with Gasteiger partial charge in [-0.2, -0.15) is 0 Å². The highest BCUT2D eigenvalue weighted by Gasteiger charge is 2.36. The fourth-order valence-electron chi connectivity index (χ4n) is 7.04. The molecule has 0 bridgehead atoms. The molecule has 0 amide bonds. The molecular formula is C50H86NO10P. The van der Waals surface area contributed by atoms with E-state index in [2.05, 4.69) is 58.1 Å². The molecule has 0 N–H and O–H groups in total. The molecule has 0 spiro atoms. The highest BCUT2D eigenvalue weighted by molar-refractivity contribution is 7.45. The zero-order chi connectivity index (χ0) is 45.5. The number of epoxide rings is 1. The molecule has 0 aliphatic carbocycles. The van der Waals surface area contributed by atoms with Crippen LogP contribution < -0.4 is 4.89 Å². The van der Waals surface area contributed by atoms with Crippen LogP contribution in [0.1, 0.15) is 178 Å². The maximum Gasteiger partial charge on any atom is 0.306 e. The average molecular weight is 892 g/mol. The highest BCUT2D eigenvalue weighted by Crippen LogP contribution is 2.38. The van der Waals surface area contributed by atoms with Crippen LogP contribution in [0, 0.1) is 13.8 Å². The summed E-state index contributed by atoms with van der Waals surface area (Å²) in [5.74, 6) is 1.40. The highest BCUT2D eigenvalue weighted by atomic mass is 31.2. The summed E-state index contributed by atoms with van der Waals surface area (Å²) in [5.41, 5.74) is 2.65. The second-order valence-corrected chi connectivity index (χ2v) is 19.5. The third-order valence-electron chi connectivity index (χ3n) is 11.3. The maximum atomic E-state index is 12.8. The van der Waals surface area contributed by atoms with Gasteiger partial charge in [-0.05, 0) is 89.2 Å². The average Bonchev–Trinajstić information content (AvgIpc) is 3.92. The number of carbonyl (C=O) groups excluding carboxylic acids is 2. The molecule has 3 unspecified atom stereocenters. The Morgan fingerprint density at radius 3 is 1.85 bits per heavy atom. The zero-order valence-corrected chi connectivity index (χ0v) is 40.9. The van der Waals surface area contributed by atoms with Crippen molar-refractivity contribution >= 4 is 19.8 Å². The molecule has 11 nitrogen and oxygen atoms in total. The van der Waals surface area contributed by atoms with Gasteiger partial charge in [-0.1, -0.05) is 115 Å². The van der Waals surface area contributed by atoms with Gasteiger partial charge in [0.2, 0.25) is 0 Å². The van der Waals surface area contributed by atoms with E-state index in [-0.39, 0.29) is 38.3 Å². The van der Waals surface area contributed by atoms with Crippen LogP contribution in [-0.4, -0.2) is 82.2 Å². The number of ether oxygens (including phenoxy) is 3. The topological polar surface area (TPSA) is 137 Å². The molecule has 62 heavy (non-hydrogen) atoms. The Morgan fingerprint density at radius 2 is 1.21 bits per heavy atom. The SMILES string of the molecule is CCCCC/C=C\C/C=C\CC1OC1C/C=C\CCCC(=O)O[C@H](COC(=O)CCCCCCCCCCc1oc(CCCCC)c(C)c1C)COP(=O)([O-])OCC[N+](C)(C)C. The first-order chi connectivity index (χ1) is 29.7. The summed E-state index contributed by atoms with van der Waals surface area (Å²) in [7, 11) is 1.10. The Morgan fingerprint density at radius 1 is 0.677 bits per heavy atom. The molecule has 4 atom stereocenters. The standard InChI is InChI=1S/C50H86NO10P/c1-8-10-12-13-14-15-19-22-28-34-47-48(61-47)35-29-24-25-31-37-50(53)59-44(41-58-62(54,55)57-39-38-51(5,6)7)40-56-49(52)36-30-23-20-17-16-18-21-27-33-46-43(4)42(3)45(60-46)32-26-11-9-2/h14-15,22,24,28-29,44,47-48H,8-13,16-21,23,25-27,30-41H2,1-7H3/b15-14-,28-22-,29-24-/t44-,47?,48?/m1/s1. The molecule has 0 radical (unpaired) electrons. The van der Waals surface area contributed by atoms with E-state index in [1.165, 1.54) is 74.7 Å². The summed E-state index contributed by atoms with van der Waals surface area (Å²) in [6.45, 7) is 8.42. The summed E-state index contributed by atoms with van der Waals surface area (Å²) < 4.78 is 46.0. The predicted octanol–water partition coefficient (Wildman–Crippen LogP) is 11.7. The summed E-state index contributed by atoms with van der Waals surface area (Å²) in [6.07, 6.45) is 35.9. The number of esters is 2. The van der Waals surface area contributed by atoms with Crippen LogP contribution in [-0.2, 0) is 50.3 Å². The van der Waals surface area contributed by atoms with Gasteiger partial charge < -0.3 is 37.1 Å². The van der Waals surface area contributed by atoms with Gasteiger partial charge in [0.1, 0.15) is 31.3 Å². The lowest BCUT2D eigenvalue weighted by Crippen LogP contribution is -2.37. The lowest BCUT2D eigenvalue weighted by Gasteiger charge is -2.28. The second kappa shape index (κ2) is 33.0. The summed E-state index contributed by atoms with van der Waals surface area (Å²) in [4.78, 5) is 37.8. The van der Waals surface area contributed by atoms with Crippen LogP contribution in [0.2, 0.25) is 0 Å². The minimum Gasteiger partial charge on any atom is -0.756 e. The van der Waals surface area contributed by atoms with Crippen molar-refractivity contribution in [3.63, 3.8) is 0 Å². The Balaban J connectivity index is 1.64. The molecule has 1 saturated heterocycles. The van der Waals surface area contributed by atoms with Crippen LogP contribution in [0.25, 0.3) is 0 Å². The summed E-state index contributed by atoms with van der Waals surface area (Å²) in [6, 6.07) is 0. The molecule has 1 aliphatic rings.